The average molecular weight is 267 g/mol. The Bertz CT molecular complexity index is 424. The summed E-state index contributed by atoms with van der Waals surface area (Å²) in [6.07, 6.45) is 3.04. The molecule has 2 N–H and O–H groups in total. The van der Waals surface area contributed by atoms with Crippen molar-refractivity contribution in [2.24, 2.45) is 0 Å². The molecule has 1 aromatic heterocycles. The molecule has 6 nitrogen and oxygen atoms in total. The third-order valence-corrected chi connectivity index (χ3v) is 2.65. The second-order valence-corrected chi connectivity index (χ2v) is 4.32. The molecule has 0 saturated heterocycles. The second kappa shape index (κ2) is 7.68. The van der Waals surface area contributed by atoms with Crippen LogP contribution in [0.1, 0.15) is 42.7 Å². The van der Waals surface area contributed by atoms with Crippen molar-refractivity contribution in [2.75, 3.05) is 18.5 Å². The molecule has 0 saturated carbocycles. The number of esters is 1. The minimum atomic E-state index is -0.403. The Morgan fingerprint density at radius 2 is 2.32 bits per heavy atom. The molecule has 0 aliphatic heterocycles. The fourth-order valence-corrected chi connectivity index (χ4v) is 1.64. The lowest BCUT2D eigenvalue weighted by molar-refractivity contribution is 0.0524. The van der Waals surface area contributed by atoms with E-state index in [9.17, 15) is 4.79 Å². The second-order valence-electron chi connectivity index (χ2n) is 4.32. The van der Waals surface area contributed by atoms with Gasteiger partial charge in [-0.15, -0.1) is 0 Å². The molecule has 1 atom stereocenters. The van der Waals surface area contributed by atoms with Gasteiger partial charge in [-0.1, -0.05) is 0 Å². The van der Waals surface area contributed by atoms with Crippen LogP contribution < -0.4 is 5.32 Å². The van der Waals surface area contributed by atoms with Gasteiger partial charge in [0.2, 0.25) is 5.95 Å². The van der Waals surface area contributed by atoms with Crippen molar-refractivity contribution >= 4 is 11.9 Å². The number of anilines is 1. The van der Waals surface area contributed by atoms with Crippen LogP contribution in [0.4, 0.5) is 5.95 Å². The Morgan fingerprint density at radius 1 is 1.58 bits per heavy atom. The van der Waals surface area contributed by atoms with Gasteiger partial charge in [0.25, 0.3) is 0 Å². The molecular weight excluding hydrogens is 246 g/mol. The Labute approximate surface area is 113 Å². The zero-order chi connectivity index (χ0) is 14.3. The van der Waals surface area contributed by atoms with Gasteiger partial charge in [0.05, 0.1) is 17.9 Å². The van der Waals surface area contributed by atoms with Crippen molar-refractivity contribution in [1.29, 1.82) is 0 Å². The number of hydrogen-bond donors (Lipinski definition) is 2. The van der Waals surface area contributed by atoms with Gasteiger partial charge in [-0.25, -0.2) is 14.8 Å². The highest BCUT2D eigenvalue weighted by Crippen LogP contribution is 2.10. The highest BCUT2D eigenvalue weighted by atomic mass is 16.5. The van der Waals surface area contributed by atoms with E-state index in [-0.39, 0.29) is 12.6 Å². The molecule has 0 aromatic carbocycles. The van der Waals surface area contributed by atoms with Crippen LogP contribution >= 0.6 is 0 Å². The number of aliphatic hydroxyl groups excluding tert-OH is 1. The van der Waals surface area contributed by atoms with Crippen LogP contribution in [-0.4, -0.2) is 40.3 Å². The number of aromatic nitrogens is 2. The number of aliphatic hydroxyl groups is 1. The lowest BCUT2D eigenvalue weighted by Crippen LogP contribution is -2.18. The number of carbonyl (C=O) groups is 1. The lowest BCUT2D eigenvalue weighted by atomic mass is 10.2. The third-order valence-electron chi connectivity index (χ3n) is 2.65. The first kappa shape index (κ1) is 15.4. The van der Waals surface area contributed by atoms with Gasteiger partial charge in [0.15, 0.2) is 0 Å². The monoisotopic (exact) mass is 267 g/mol. The van der Waals surface area contributed by atoms with Gasteiger partial charge < -0.3 is 15.2 Å². The Balaban J connectivity index is 2.68. The van der Waals surface area contributed by atoms with E-state index in [4.69, 9.17) is 9.84 Å². The largest absolute Gasteiger partial charge is 0.462 e. The van der Waals surface area contributed by atoms with E-state index in [2.05, 4.69) is 15.3 Å². The third kappa shape index (κ3) is 4.82. The van der Waals surface area contributed by atoms with Gasteiger partial charge in [0, 0.05) is 18.8 Å². The summed E-state index contributed by atoms with van der Waals surface area (Å²) < 4.78 is 4.92. The minimum absolute atomic E-state index is 0.167. The van der Waals surface area contributed by atoms with Crippen molar-refractivity contribution in [3.8, 4) is 0 Å². The van der Waals surface area contributed by atoms with E-state index < -0.39 is 5.97 Å². The van der Waals surface area contributed by atoms with Gasteiger partial charge in [-0.3, -0.25) is 0 Å². The highest BCUT2D eigenvalue weighted by molar-refractivity contribution is 5.90. The molecule has 0 radical (unpaired) electrons. The lowest BCUT2D eigenvalue weighted by Gasteiger charge is -2.13. The number of ether oxygens (including phenoxy) is 1. The van der Waals surface area contributed by atoms with Crippen LogP contribution in [0.3, 0.4) is 0 Å². The van der Waals surface area contributed by atoms with Crippen LogP contribution in [0, 0.1) is 6.92 Å². The standard InChI is InChI=1S/C13H21N3O3/c1-4-19-12(18)11-8-14-13(16-10(11)3)15-9(2)6-5-7-17/h8-9,17H,4-7H2,1-3H3,(H,14,15,16). The molecule has 0 aliphatic carbocycles. The summed E-state index contributed by atoms with van der Waals surface area (Å²) in [5.41, 5.74) is 0.973. The van der Waals surface area contributed by atoms with Crippen LogP contribution in [0.25, 0.3) is 0 Å². The molecule has 1 unspecified atom stereocenters. The minimum Gasteiger partial charge on any atom is -0.462 e. The summed E-state index contributed by atoms with van der Waals surface area (Å²) in [4.78, 5) is 19.9. The van der Waals surface area contributed by atoms with Crippen molar-refractivity contribution in [1.82, 2.24) is 9.97 Å². The first-order valence-corrected chi connectivity index (χ1v) is 6.46. The SMILES string of the molecule is CCOC(=O)c1cnc(NC(C)CCCO)nc1C. The van der Waals surface area contributed by atoms with Crippen molar-refractivity contribution < 1.29 is 14.6 Å². The normalized spacial score (nSPS) is 12.0. The molecule has 0 spiro atoms. The Morgan fingerprint density at radius 3 is 2.89 bits per heavy atom. The molecule has 0 bridgehead atoms. The molecule has 6 heteroatoms. The van der Waals surface area contributed by atoms with E-state index in [1.807, 2.05) is 6.92 Å². The number of carbonyl (C=O) groups excluding carboxylic acids is 1. The first-order chi connectivity index (χ1) is 9.08. The molecular formula is C13H21N3O3. The Kier molecular flexibility index (Phi) is 6.21. The summed E-state index contributed by atoms with van der Waals surface area (Å²) in [7, 11) is 0. The smallest absolute Gasteiger partial charge is 0.341 e. The van der Waals surface area contributed by atoms with E-state index in [1.165, 1.54) is 6.20 Å². The zero-order valence-electron chi connectivity index (χ0n) is 11.6. The maximum absolute atomic E-state index is 11.6. The van der Waals surface area contributed by atoms with E-state index in [0.717, 1.165) is 12.8 Å². The molecule has 106 valence electrons. The van der Waals surface area contributed by atoms with Crippen molar-refractivity contribution in [3.05, 3.63) is 17.5 Å². The summed E-state index contributed by atoms with van der Waals surface area (Å²) in [5.74, 6) is 0.0795. The molecule has 1 rings (SSSR count). The van der Waals surface area contributed by atoms with E-state index in [0.29, 0.717) is 23.8 Å². The van der Waals surface area contributed by atoms with Crippen LogP contribution in [0.15, 0.2) is 6.20 Å². The zero-order valence-corrected chi connectivity index (χ0v) is 11.6. The molecule has 19 heavy (non-hydrogen) atoms. The Hall–Kier alpha value is -1.69. The predicted octanol–water partition coefficient (Wildman–Crippen LogP) is 1.53. The summed E-state index contributed by atoms with van der Waals surface area (Å²) in [5, 5.41) is 11.9. The predicted molar refractivity (Wildman–Crippen MR) is 72.1 cm³/mol. The van der Waals surface area contributed by atoms with Gasteiger partial charge in [0.1, 0.15) is 0 Å². The topological polar surface area (TPSA) is 84.3 Å². The number of aryl methyl sites for hydroxylation is 1. The first-order valence-electron chi connectivity index (χ1n) is 6.46. The van der Waals surface area contributed by atoms with E-state index >= 15 is 0 Å². The van der Waals surface area contributed by atoms with Crippen molar-refractivity contribution in [3.63, 3.8) is 0 Å². The molecule has 1 aromatic rings. The van der Waals surface area contributed by atoms with Gasteiger partial charge in [-0.2, -0.15) is 0 Å². The number of hydrogen-bond acceptors (Lipinski definition) is 6. The maximum atomic E-state index is 11.6. The molecule has 0 fully saturated rings. The fourth-order valence-electron chi connectivity index (χ4n) is 1.64. The summed E-state index contributed by atoms with van der Waals surface area (Å²) in [6, 6.07) is 0.167. The summed E-state index contributed by atoms with van der Waals surface area (Å²) in [6.45, 7) is 6.00. The van der Waals surface area contributed by atoms with Gasteiger partial charge in [-0.05, 0) is 33.6 Å². The van der Waals surface area contributed by atoms with Crippen molar-refractivity contribution in [2.45, 2.75) is 39.7 Å². The average Bonchev–Trinajstić information content (AvgIpc) is 2.36. The van der Waals surface area contributed by atoms with Gasteiger partial charge >= 0.3 is 5.97 Å². The summed E-state index contributed by atoms with van der Waals surface area (Å²) >= 11 is 0. The fraction of sp³-hybridized carbons (Fsp3) is 0.615. The van der Waals surface area contributed by atoms with Crippen LogP contribution in [-0.2, 0) is 4.74 Å². The van der Waals surface area contributed by atoms with Crippen LogP contribution in [0.2, 0.25) is 0 Å². The maximum Gasteiger partial charge on any atom is 0.341 e. The molecule has 1 heterocycles. The number of rotatable bonds is 7. The number of nitrogens with zero attached hydrogens (tertiary/aromatic N) is 2. The van der Waals surface area contributed by atoms with E-state index in [1.54, 1.807) is 13.8 Å². The van der Waals surface area contributed by atoms with Crippen LogP contribution in [0.5, 0.6) is 0 Å². The number of nitrogens with one attached hydrogen (secondary N) is 1. The highest BCUT2D eigenvalue weighted by Gasteiger charge is 2.13. The molecule has 0 amide bonds. The quantitative estimate of drug-likeness (QED) is 0.729. The molecule has 0 aliphatic rings.